The van der Waals surface area contributed by atoms with E-state index in [9.17, 15) is 14.4 Å². The monoisotopic (exact) mass is 845 g/mol. The number of hydrogen-bond donors (Lipinski definition) is 0. The van der Waals surface area contributed by atoms with Gasteiger partial charge in [0, 0.05) is 19.3 Å². The smallest absolute Gasteiger partial charge is 0.306 e. The van der Waals surface area contributed by atoms with Crippen LogP contribution in [0.2, 0.25) is 0 Å². The van der Waals surface area contributed by atoms with E-state index in [2.05, 4.69) is 45.1 Å². The summed E-state index contributed by atoms with van der Waals surface area (Å²) in [5, 5.41) is 0. The van der Waals surface area contributed by atoms with E-state index >= 15 is 0 Å². The number of hydrogen-bond acceptors (Lipinski definition) is 6. The second-order valence-electron chi connectivity index (χ2n) is 17.8. The van der Waals surface area contributed by atoms with Gasteiger partial charge in [-0.3, -0.25) is 14.4 Å². The quantitative estimate of drug-likeness (QED) is 0.0263. The molecule has 0 heterocycles. The van der Waals surface area contributed by atoms with Gasteiger partial charge in [0.2, 0.25) is 0 Å². The van der Waals surface area contributed by atoms with E-state index in [0.29, 0.717) is 19.3 Å². The topological polar surface area (TPSA) is 78.9 Å². The van der Waals surface area contributed by atoms with Gasteiger partial charge in [0.25, 0.3) is 0 Å². The summed E-state index contributed by atoms with van der Waals surface area (Å²) in [6.45, 7) is 6.61. The van der Waals surface area contributed by atoms with E-state index < -0.39 is 6.10 Å². The Morgan fingerprint density at radius 1 is 0.333 bits per heavy atom. The number of rotatable bonds is 48. The van der Waals surface area contributed by atoms with Gasteiger partial charge < -0.3 is 14.2 Å². The Kier molecular flexibility index (Phi) is 47.8. The summed E-state index contributed by atoms with van der Waals surface area (Å²) < 4.78 is 16.8. The predicted octanol–water partition coefficient (Wildman–Crippen LogP) is 17.2. The molecular formula is C54H100O6. The molecule has 0 aromatic rings. The molecule has 0 radical (unpaired) electrons. The molecule has 1 atom stereocenters. The molecule has 0 amide bonds. The lowest BCUT2D eigenvalue weighted by molar-refractivity contribution is -0.167. The first-order valence-electron chi connectivity index (χ1n) is 26.3. The van der Waals surface area contributed by atoms with E-state index in [0.717, 1.165) is 83.5 Å². The Morgan fingerprint density at radius 2 is 0.617 bits per heavy atom. The molecule has 0 saturated heterocycles. The normalized spacial score (nSPS) is 12.1. The molecule has 0 N–H and O–H groups in total. The number of ether oxygens (including phenoxy) is 3. The third-order valence-electron chi connectivity index (χ3n) is 11.7. The van der Waals surface area contributed by atoms with Crippen LogP contribution in [0.1, 0.15) is 284 Å². The van der Waals surface area contributed by atoms with Gasteiger partial charge in [0.1, 0.15) is 13.2 Å². The summed E-state index contributed by atoms with van der Waals surface area (Å²) in [6.07, 6.45) is 55.9. The summed E-state index contributed by atoms with van der Waals surface area (Å²) in [4.78, 5) is 37.9. The molecule has 0 bridgehead atoms. The molecule has 0 aromatic heterocycles. The van der Waals surface area contributed by atoms with Gasteiger partial charge in [-0.05, 0) is 44.9 Å². The Bertz CT molecular complexity index is 973. The van der Waals surface area contributed by atoms with Gasteiger partial charge in [-0.1, -0.05) is 244 Å². The van der Waals surface area contributed by atoms with Crippen LogP contribution in [0.5, 0.6) is 0 Å². The Balaban J connectivity index is 4.29. The SMILES string of the molecule is CCCC/C=C\C/C=C\CCCCCCCC(=O)OC(COC(=O)CCCCCCCCCCCC)COC(=O)CCCCCCCCCCCCCCCCCCCC. The first-order chi connectivity index (χ1) is 29.5. The molecule has 6 heteroatoms. The summed E-state index contributed by atoms with van der Waals surface area (Å²) in [5.41, 5.74) is 0. The number of esters is 3. The molecule has 0 aliphatic carbocycles. The fourth-order valence-electron chi connectivity index (χ4n) is 7.70. The maximum absolute atomic E-state index is 12.8. The average Bonchev–Trinajstić information content (AvgIpc) is 3.24. The Morgan fingerprint density at radius 3 is 0.967 bits per heavy atom. The van der Waals surface area contributed by atoms with Gasteiger partial charge in [-0.25, -0.2) is 0 Å². The first kappa shape index (κ1) is 57.9. The van der Waals surface area contributed by atoms with Gasteiger partial charge in [-0.15, -0.1) is 0 Å². The number of allylic oxidation sites excluding steroid dienone is 4. The molecule has 352 valence electrons. The van der Waals surface area contributed by atoms with Crippen molar-refractivity contribution < 1.29 is 28.6 Å². The van der Waals surface area contributed by atoms with E-state index in [-0.39, 0.29) is 31.1 Å². The van der Waals surface area contributed by atoms with Crippen LogP contribution < -0.4 is 0 Å². The second-order valence-corrected chi connectivity index (χ2v) is 17.8. The van der Waals surface area contributed by atoms with Gasteiger partial charge in [0.05, 0.1) is 0 Å². The van der Waals surface area contributed by atoms with E-state index in [1.54, 1.807) is 0 Å². The highest BCUT2D eigenvalue weighted by molar-refractivity contribution is 5.71. The average molecular weight is 845 g/mol. The fraction of sp³-hybridized carbons (Fsp3) is 0.870. The van der Waals surface area contributed by atoms with Crippen molar-refractivity contribution in [3.05, 3.63) is 24.3 Å². The lowest BCUT2D eigenvalue weighted by Gasteiger charge is -2.18. The molecule has 0 rings (SSSR count). The standard InChI is InChI=1S/C54H100O6/c1-4-7-10-13-16-19-22-24-26-27-28-29-31-32-35-38-41-44-47-53(56)59-50-51(49-58-52(55)46-43-40-37-34-21-18-15-12-9-6-3)60-54(57)48-45-42-39-36-33-30-25-23-20-17-14-11-8-5-2/h14,17,23,25,51H,4-13,15-16,18-22,24,26-50H2,1-3H3/b17-14-,25-23-. The highest BCUT2D eigenvalue weighted by Crippen LogP contribution is 2.16. The van der Waals surface area contributed by atoms with Crippen LogP contribution in [0.3, 0.4) is 0 Å². The molecule has 0 saturated carbocycles. The van der Waals surface area contributed by atoms with Crippen molar-refractivity contribution in [1.82, 2.24) is 0 Å². The molecule has 0 aromatic carbocycles. The van der Waals surface area contributed by atoms with Crippen molar-refractivity contribution in [1.29, 1.82) is 0 Å². The largest absolute Gasteiger partial charge is 0.462 e. The third-order valence-corrected chi connectivity index (χ3v) is 11.7. The van der Waals surface area contributed by atoms with Crippen molar-refractivity contribution in [2.75, 3.05) is 13.2 Å². The first-order valence-corrected chi connectivity index (χ1v) is 26.3. The summed E-state index contributed by atoms with van der Waals surface area (Å²) >= 11 is 0. The lowest BCUT2D eigenvalue weighted by Crippen LogP contribution is -2.30. The predicted molar refractivity (Wildman–Crippen MR) is 256 cm³/mol. The van der Waals surface area contributed by atoms with Crippen LogP contribution in [0, 0.1) is 0 Å². The van der Waals surface area contributed by atoms with Crippen molar-refractivity contribution in [2.24, 2.45) is 0 Å². The van der Waals surface area contributed by atoms with Crippen LogP contribution in [-0.4, -0.2) is 37.2 Å². The zero-order valence-electron chi connectivity index (χ0n) is 40.2. The number of carbonyl (C=O) groups excluding carboxylic acids is 3. The number of unbranched alkanes of at least 4 members (excludes halogenated alkanes) is 33. The van der Waals surface area contributed by atoms with Crippen molar-refractivity contribution in [3.8, 4) is 0 Å². The molecule has 60 heavy (non-hydrogen) atoms. The van der Waals surface area contributed by atoms with Crippen molar-refractivity contribution in [3.63, 3.8) is 0 Å². The van der Waals surface area contributed by atoms with Crippen LogP contribution >= 0.6 is 0 Å². The summed E-state index contributed by atoms with van der Waals surface area (Å²) in [5.74, 6) is -0.873. The minimum atomic E-state index is -0.772. The highest BCUT2D eigenvalue weighted by Gasteiger charge is 2.19. The minimum Gasteiger partial charge on any atom is -0.462 e. The Labute approximate surface area is 373 Å². The van der Waals surface area contributed by atoms with Crippen LogP contribution in [-0.2, 0) is 28.6 Å². The molecule has 0 aliphatic heterocycles. The molecule has 6 nitrogen and oxygen atoms in total. The van der Waals surface area contributed by atoms with Gasteiger partial charge >= 0.3 is 17.9 Å². The summed E-state index contributed by atoms with van der Waals surface area (Å²) in [6, 6.07) is 0. The fourth-order valence-corrected chi connectivity index (χ4v) is 7.70. The Hall–Kier alpha value is -2.11. The molecule has 0 spiro atoms. The highest BCUT2D eigenvalue weighted by atomic mass is 16.6. The van der Waals surface area contributed by atoms with Gasteiger partial charge in [-0.2, -0.15) is 0 Å². The van der Waals surface area contributed by atoms with Crippen LogP contribution in [0.4, 0.5) is 0 Å². The lowest BCUT2D eigenvalue weighted by atomic mass is 10.0. The zero-order chi connectivity index (χ0) is 43.7. The molecular weight excluding hydrogens is 745 g/mol. The molecule has 0 aliphatic rings. The maximum atomic E-state index is 12.8. The van der Waals surface area contributed by atoms with E-state index in [1.165, 1.54) is 161 Å². The summed E-state index contributed by atoms with van der Waals surface area (Å²) in [7, 11) is 0. The van der Waals surface area contributed by atoms with E-state index in [1.807, 2.05) is 0 Å². The zero-order valence-corrected chi connectivity index (χ0v) is 40.2. The van der Waals surface area contributed by atoms with Crippen molar-refractivity contribution >= 4 is 17.9 Å². The molecule has 0 fully saturated rings. The second kappa shape index (κ2) is 49.5. The van der Waals surface area contributed by atoms with Gasteiger partial charge in [0.15, 0.2) is 6.10 Å². The van der Waals surface area contributed by atoms with Crippen LogP contribution in [0.25, 0.3) is 0 Å². The molecule has 1 unspecified atom stereocenters. The van der Waals surface area contributed by atoms with E-state index in [4.69, 9.17) is 14.2 Å². The maximum Gasteiger partial charge on any atom is 0.306 e. The van der Waals surface area contributed by atoms with Crippen LogP contribution in [0.15, 0.2) is 24.3 Å². The number of carbonyl (C=O) groups is 3. The minimum absolute atomic E-state index is 0.0722. The third kappa shape index (κ3) is 46.9. The van der Waals surface area contributed by atoms with Crippen molar-refractivity contribution in [2.45, 2.75) is 290 Å².